The third kappa shape index (κ3) is 3.84. The number of benzene rings is 1. The van der Waals surface area contributed by atoms with Crippen LogP contribution >= 0.6 is 0 Å². The summed E-state index contributed by atoms with van der Waals surface area (Å²) in [6.45, 7) is 8.64. The summed E-state index contributed by atoms with van der Waals surface area (Å²) in [6, 6.07) is 8.16. The summed E-state index contributed by atoms with van der Waals surface area (Å²) in [7, 11) is 0. The highest BCUT2D eigenvalue weighted by Crippen LogP contribution is 2.35. The van der Waals surface area contributed by atoms with Crippen LogP contribution in [-0.2, 0) is 17.8 Å². The third-order valence-electron chi connectivity index (χ3n) is 5.76. The first kappa shape index (κ1) is 20.2. The molecule has 28 heavy (non-hydrogen) atoms. The summed E-state index contributed by atoms with van der Waals surface area (Å²) in [6.07, 6.45) is 4.40. The lowest BCUT2D eigenvalue weighted by molar-refractivity contribution is -0.127. The van der Waals surface area contributed by atoms with Gasteiger partial charge >= 0.3 is 0 Å². The molecule has 1 aliphatic heterocycles. The quantitative estimate of drug-likeness (QED) is 0.755. The lowest BCUT2D eigenvalue weighted by Gasteiger charge is -2.18. The second-order valence-electron chi connectivity index (χ2n) is 7.70. The van der Waals surface area contributed by atoms with Crippen LogP contribution in [-0.4, -0.2) is 34.4 Å². The van der Waals surface area contributed by atoms with Crippen LogP contribution in [0.2, 0.25) is 0 Å². The van der Waals surface area contributed by atoms with Gasteiger partial charge in [-0.2, -0.15) is 0 Å². The van der Waals surface area contributed by atoms with Gasteiger partial charge in [0.15, 0.2) is 0 Å². The Morgan fingerprint density at radius 1 is 1.18 bits per heavy atom. The fourth-order valence-electron chi connectivity index (χ4n) is 4.40. The average Bonchev–Trinajstić information content (AvgIpc) is 3.18. The minimum atomic E-state index is -0.374. The molecule has 1 saturated heterocycles. The van der Waals surface area contributed by atoms with Gasteiger partial charge in [-0.3, -0.25) is 9.59 Å². The molecule has 5 nitrogen and oxygen atoms in total. The molecule has 0 atom stereocenters. The van der Waals surface area contributed by atoms with Crippen molar-refractivity contribution in [2.75, 3.05) is 13.1 Å². The first-order valence-electron chi connectivity index (χ1n) is 10.3. The SMILES string of the molecule is CCCc1c(-c2ccccc2C)c(C(N)=O)c(C)n1CCCN1CCCC1=O. The summed E-state index contributed by atoms with van der Waals surface area (Å²) >= 11 is 0. The molecular formula is C23H31N3O2. The first-order valence-corrected chi connectivity index (χ1v) is 10.3. The lowest BCUT2D eigenvalue weighted by Crippen LogP contribution is -2.26. The number of aryl methyl sites for hydroxylation is 1. The second kappa shape index (κ2) is 8.63. The number of carbonyl (C=O) groups is 2. The van der Waals surface area contributed by atoms with E-state index in [0.29, 0.717) is 12.0 Å². The molecule has 0 spiro atoms. The Hall–Kier alpha value is -2.56. The molecule has 3 rings (SSSR count). The van der Waals surface area contributed by atoms with Gasteiger partial charge in [-0.15, -0.1) is 0 Å². The normalized spacial score (nSPS) is 14.1. The van der Waals surface area contributed by atoms with Gasteiger partial charge in [-0.05, 0) is 44.2 Å². The first-order chi connectivity index (χ1) is 13.5. The summed E-state index contributed by atoms with van der Waals surface area (Å²) in [5.74, 6) is -0.113. The molecule has 150 valence electrons. The van der Waals surface area contributed by atoms with Gasteiger partial charge in [0, 0.05) is 43.0 Å². The number of aromatic nitrogens is 1. The monoisotopic (exact) mass is 381 g/mol. The molecule has 0 unspecified atom stereocenters. The van der Waals surface area contributed by atoms with Gasteiger partial charge in [0.1, 0.15) is 0 Å². The smallest absolute Gasteiger partial charge is 0.251 e. The van der Waals surface area contributed by atoms with Crippen molar-refractivity contribution < 1.29 is 9.59 Å². The molecule has 2 heterocycles. The molecule has 2 aromatic rings. The van der Waals surface area contributed by atoms with E-state index < -0.39 is 0 Å². The highest BCUT2D eigenvalue weighted by atomic mass is 16.2. The van der Waals surface area contributed by atoms with Crippen molar-refractivity contribution in [2.45, 2.75) is 59.4 Å². The topological polar surface area (TPSA) is 68.3 Å². The van der Waals surface area contributed by atoms with Crippen molar-refractivity contribution in [3.63, 3.8) is 0 Å². The van der Waals surface area contributed by atoms with E-state index in [1.165, 1.54) is 5.69 Å². The Labute approximate surface area is 167 Å². The molecule has 1 aromatic carbocycles. The van der Waals surface area contributed by atoms with Gasteiger partial charge in [0.25, 0.3) is 5.91 Å². The Morgan fingerprint density at radius 2 is 1.93 bits per heavy atom. The van der Waals surface area contributed by atoms with E-state index in [4.69, 9.17) is 5.73 Å². The molecule has 1 aromatic heterocycles. The number of nitrogens with zero attached hydrogens (tertiary/aromatic N) is 2. The zero-order valence-electron chi connectivity index (χ0n) is 17.3. The minimum absolute atomic E-state index is 0.261. The Morgan fingerprint density at radius 3 is 2.54 bits per heavy atom. The predicted octanol–water partition coefficient (Wildman–Crippen LogP) is 3.84. The van der Waals surface area contributed by atoms with Crippen LogP contribution in [0.1, 0.15) is 59.9 Å². The molecule has 2 amide bonds. The van der Waals surface area contributed by atoms with Crippen LogP contribution < -0.4 is 5.73 Å². The van der Waals surface area contributed by atoms with E-state index in [1.54, 1.807) is 0 Å². The molecule has 5 heteroatoms. The highest BCUT2D eigenvalue weighted by Gasteiger charge is 2.25. The van der Waals surface area contributed by atoms with E-state index in [1.807, 2.05) is 24.0 Å². The number of rotatable bonds is 8. The van der Waals surface area contributed by atoms with Crippen LogP contribution in [0.4, 0.5) is 0 Å². The van der Waals surface area contributed by atoms with Crippen molar-refractivity contribution in [1.29, 1.82) is 0 Å². The van der Waals surface area contributed by atoms with Crippen LogP contribution in [0.5, 0.6) is 0 Å². The van der Waals surface area contributed by atoms with Crippen molar-refractivity contribution >= 4 is 11.8 Å². The van der Waals surface area contributed by atoms with E-state index in [2.05, 4.69) is 30.5 Å². The van der Waals surface area contributed by atoms with Crippen LogP contribution in [0.3, 0.4) is 0 Å². The number of hydrogen-bond donors (Lipinski definition) is 1. The minimum Gasteiger partial charge on any atom is -0.366 e. The number of carbonyl (C=O) groups excluding carboxylic acids is 2. The Balaban J connectivity index is 1.99. The van der Waals surface area contributed by atoms with Gasteiger partial charge in [0.2, 0.25) is 5.91 Å². The maximum Gasteiger partial charge on any atom is 0.251 e. The van der Waals surface area contributed by atoms with Crippen LogP contribution in [0.25, 0.3) is 11.1 Å². The van der Waals surface area contributed by atoms with E-state index in [9.17, 15) is 9.59 Å². The van der Waals surface area contributed by atoms with Gasteiger partial charge in [0.05, 0.1) is 5.56 Å². The molecule has 0 aliphatic carbocycles. The standard InChI is InChI=1S/C23H31N3O2/c1-4-9-19-22(18-11-6-5-10-16(18)2)21(23(24)28)17(3)26(19)15-8-14-25-13-7-12-20(25)27/h5-6,10-11H,4,7-9,12-15H2,1-3H3,(H2,24,28). The van der Waals surface area contributed by atoms with Crippen LogP contribution in [0, 0.1) is 13.8 Å². The third-order valence-corrected chi connectivity index (χ3v) is 5.76. The van der Waals surface area contributed by atoms with Gasteiger partial charge in [-0.25, -0.2) is 0 Å². The van der Waals surface area contributed by atoms with Gasteiger partial charge in [-0.1, -0.05) is 37.6 Å². The van der Waals surface area contributed by atoms with E-state index in [-0.39, 0.29) is 11.8 Å². The number of nitrogens with two attached hydrogens (primary N) is 1. The fourth-order valence-corrected chi connectivity index (χ4v) is 4.40. The fraction of sp³-hybridized carbons (Fsp3) is 0.478. The average molecular weight is 382 g/mol. The highest BCUT2D eigenvalue weighted by molar-refractivity contribution is 6.02. The molecule has 1 fully saturated rings. The maximum absolute atomic E-state index is 12.4. The van der Waals surface area contributed by atoms with Crippen molar-refractivity contribution in [3.8, 4) is 11.1 Å². The zero-order chi connectivity index (χ0) is 20.3. The lowest BCUT2D eigenvalue weighted by atomic mass is 9.94. The number of amides is 2. The Kier molecular flexibility index (Phi) is 6.22. The zero-order valence-corrected chi connectivity index (χ0v) is 17.3. The Bertz CT molecular complexity index is 882. The van der Waals surface area contributed by atoms with Crippen molar-refractivity contribution in [2.24, 2.45) is 5.73 Å². The molecule has 0 bridgehead atoms. The van der Waals surface area contributed by atoms with Crippen molar-refractivity contribution in [3.05, 3.63) is 46.8 Å². The molecule has 0 radical (unpaired) electrons. The predicted molar refractivity (Wildman–Crippen MR) is 112 cm³/mol. The van der Waals surface area contributed by atoms with E-state index >= 15 is 0 Å². The van der Waals surface area contributed by atoms with Crippen LogP contribution in [0.15, 0.2) is 24.3 Å². The molecule has 2 N–H and O–H groups in total. The number of primary amides is 1. The largest absolute Gasteiger partial charge is 0.366 e. The molecule has 0 saturated carbocycles. The van der Waals surface area contributed by atoms with E-state index in [0.717, 1.165) is 67.7 Å². The number of hydrogen-bond acceptors (Lipinski definition) is 2. The molecule has 1 aliphatic rings. The van der Waals surface area contributed by atoms with Crippen molar-refractivity contribution in [1.82, 2.24) is 9.47 Å². The summed E-state index contributed by atoms with van der Waals surface area (Å²) in [4.78, 5) is 26.2. The summed E-state index contributed by atoms with van der Waals surface area (Å²) < 4.78 is 2.26. The number of likely N-dealkylation sites (tertiary alicyclic amines) is 1. The summed E-state index contributed by atoms with van der Waals surface area (Å²) in [5.41, 5.74) is 11.8. The maximum atomic E-state index is 12.4. The second-order valence-corrected chi connectivity index (χ2v) is 7.70. The summed E-state index contributed by atoms with van der Waals surface area (Å²) in [5, 5.41) is 0. The molecular weight excluding hydrogens is 350 g/mol. The van der Waals surface area contributed by atoms with Gasteiger partial charge < -0.3 is 15.2 Å².